The van der Waals surface area contributed by atoms with Gasteiger partial charge < -0.3 is 9.68 Å². The van der Waals surface area contributed by atoms with Gasteiger partial charge in [-0.3, -0.25) is 0 Å². The number of benzene rings is 1. The van der Waals surface area contributed by atoms with Crippen LogP contribution in [0.2, 0.25) is 0 Å². The van der Waals surface area contributed by atoms with Crippen molar-refractivity contribution in [2.75, 3.05) is 7.11 Å². The Kier molecular flexibility index (Phi) is 3.77. The lowest BCUT2D eigenvalue weighted by atomic mass is 9.80. The van der Waals surface area contributed by atoms with Gasteiger partial charge in [0.2, 0.25) is 0 Å². The standard InChI is InChI=1S/C7H7BBr2O2/c1-12-8(11)5-2-6(9)4-7(10)3-5/h2-4,11H,1H3. The predicted octanol–water partition coefficient (Wildman–Crippen LogP) is 1.55. The Balaban J connectivity index is 3.00. The Hall–Kier alpha value is 0.165. The Morgan fingerprint density at radius 3 is 2.17 bits per heavy atom. The van der Waals surface area contributed by atoms with Crippen LogP contribution in [-0.4, -0.2) is 19.3 Å². The summed E-state index contributed by atoms with van der Waals surface area (Å²) in [6.07, 6.45) is 0. The van der Waals surface area contributed by atoms with Crippen LogP contribution in [0.4, 0.5) is 0 Å². The molecule has 12 heavy (non-hydrogen) atoms. The van der Waals surface area contributed by atoms with E-state index in [-0.39, 0.29) is 0 Å². The highest BCUT2D eigenvalue weighted by atomic mass is 79.9. The zero-order valence-corrected chi connectivity index (χ0v) is 9.59. The van der Waals surface area contributed by atoms with Gasteiger partial charge in [0.05, 0.1) is 0 Å². The van der Waals surface area contributed by atoms with E-state index in [0.29, 0.717) is 0 Å². The topological polar surface area (TPSA) is 29.5 Å². The van der Waals surface area contributed by atoms with Crippen molar-refractivity contribution < 1.29 is 9.68 Å². The lowest BCUT2D eigenvalue weighted by Gasteiger charge is -2.04. The number of rotatable bonds is 2. The first-order valence-corrected chi connectivity index (χ1v) is 4.89. The molecule has 1 N–H and O–H groups in total. The van der Waals surface area contributed by atoms with E-state index in [2.05, 4.69) is 31.9 Å². The van der Waals surface area contributed by atoms with E-state index in [1.165, 1.54) is 7.11 Å². The Morgan fingerprint density at radius 2 is 1.75 bits per heavy atom. The summed E-state index contributed by atoms with van der Waals surface area (Å²) in [5.41, 5.74) is 0.721. The average Bonchev–Trinajstić information content (AvgIpc) is 2.01. The highest BCUT2D eigenvalue weighted by molar-refractivity contribution is 9.11. The van der Waals surface area contributed by atoms with E-state index in [1.807, 2.05) is 6.07 Å². The molecule has 0 aliphatic carbocycles. The molecular formula is C7H7BBr2O2. The van der Waals surface area contributed by atoms with Gasteiger partial charge in [0.25, 0.3) is 0 Å². The molecule has 5 heteroatoms. The van der Waals surface area contributed by atoms with Crippen LogP contribution in [0.15, 0.2) is 27.1 Å². The minimum Gasteiger partial charge on any atom is -0.423 e. The van der Waals surface area contributed by atoms with Crippen LogP contribution in [0.1, 0.15) is 0 Å². The molecule has 1 rings (SSSR count). The fraction of sp³-hybridized carbons (Fsp3) is 0.143. The molecule has 0 saturated heterocycles. The predicted molar refractivity (Wildman–Crippen MR) is 56.5 cm³/mol. The van der Waals surface area contributed by atoms with Crippen LogP contribution in [0, 0.1) is 0 Å². The van der Waals surface area contributed by atoms with Gasteiger partial charge in [0.1, 0.15) is 0 Å². The van der Waals surface area contributed by atoms with E-state index in [9.17, 15) is 5.02 Å². The summed E-state index contributed by atoms with van der Waals surface area (Å²) in [5.74, 6) is 0. The monoisotopic (exact) mass is 292 g/mol. The molecule has 0 heterocycles. The first-order chi connectivity index (χ1) is 5.63. The molecule has 0 spiro atoms. The third-order valence-electron chi connectivity index (χ3n) is 1.39. The second-order valence-corrected chi connectivity index (χ2v) is 4.12. The van der Waals surface area contributed by atoms with Crippen molar-refractivity contribution in [2.45, 2.75) is 0 Å². The van der Waals surface area contributed by atoms with Crippen molar-refractivity contribution in [3.63, 3.8) is 0 Å². The maximum absolute atomic E-state index is 9.31. The van der Waals surface area contributed by atoms with Crippen molar-refractivity contribution in [3.8, 4) is 0 Å². The van der Waals surface area contributed by atoms with Gasteiger partial charge in [-0.2, -0.15) is 0 Å². The molecule has 2 nitrogen and oxygen atoms in total. The van der Waals surface area contributed by atoms with Crippen molar-refractivity contribution in [1.29, 1.82) is 0 Å². The van der Waals surface area contributed by atoms with E-state index >= 15 is 0 Å². The molecule has 1 aromatic rings. The Morgan fingerprint density at radius 1 is 1.25 bits per heavy atom. The van der Waals surface area contributed by atoms with E-state index in [4.69, 9.17) is 4.65 Å². The van der Waals surface area contributed by atoms with Crippen LogP contribution in [0.25, 0.3) is 0 Å². The van der Waals surface area contributed by atoms with Gasteiger partial charge in [-0.1, -0.05) is 31.9 Å². The summed E-state index contributed by atoms with van der Waals surface area (Å²) in [5, 5.41) is 9.31. The molecule has 0 atom stereocenters. The first-order valence-electron chi connectivity index (χ1n) is 3.30. The molecule has 0 aliphatic rings. The summed E-state index contributed by atoms with van der Waals surface area (Å²) in [4.78, 5) is 0. The minimum atomic E-state index is -0.862. The SMILES string of the molecule is COB(O)c1cc(Br)cc(Br)c1. The summed E-state index contributed by atoms with van der Waals surface area (Å²) in [7, 11) is 0.596. The Bertz CT molecular complexity index is 260. The van der Waals surface area contributed by atoms with Crippen LogP contribution in [0.5, 0.6) is 0 Å². The number of hydrogen-bond acceptors (Lipinski definition) is 2. The van der Waals surface area contributed by atoms with Crippen molar-refractivity contribution in [2.24, 2.45) is 0 Å². The quantitative estimate of drug-likeness (QED) is 0.839. The molecule has 0 unspecified atom stereocenters. The van der Waals surface area contributed by atoms with Gasteiger partial charge in [-0.15, -0.1) is 0 Å². The lowest BCUT2D eigenvalue weighted by molar-refractivity contribution is 0.341. The fourth-order valence-corrected chi connectivity index (χ4v) is 2.18. The van der Waals surface area contributed by atoms with Crippen LogP contribution >= 0.6 is 31.9 Å². The summed E-state index contributed by atoms with van der Waals surface area (Å²) < 4.78 is 6.57. The minimum absolute atomic E-state index is 0.721. The van der Waals surface area contributed by atoms with Crippen LogP contribution < -0.4 is 5.46 Å². The number of hydrogen-bond donors (Lipinski definition) is 1. The van der Waals surface area contributed by atoms with Gasteiger partial charge in [-0.05, 0) is 23.7 Å². The second kappa shape index (κ2) is 4.41. The van der Waals surface area contributed by atoms with E-state index in [1.54, 1.807) is 12.1 Å². The van der Waals surface area contributed by atoms with E-state index in [0.717, 1.165) is 14.4 Å². The van der Waals surface area contributed by atoms with E-state index < -0.39 is 7.12 Å². The molecule has 0 fully saturated rings. The zero-order valence-electron chi connectivity index (χ0n) is 6.42. The maximum Gasteiger partial charge on any atom is 0.491 e. The van der Waals surface area contributed by atoms with Gasteiger partial charge in [0, 0.05) is 16.1 Å². The van der Waals surface area contributed by atoms with Crippen LogP contribution in [-0.2, 0) is 4.65 Å². The normalized spacial score (nSPS) is 10.0. The number of halogens is 2. The fourth-order valence-electron chi connectivity index (χ4n) is 0.854. The van der Waals surface area contributed by atoms with Crippen molar-refractivity contribution >= 4 is 44.4 Å². The molecular weight excluding hydrogens is 287 g/mol. The van der Waals surface area contributed by atoms with Gasteiger partial charge >= 0.3 is 7.12 Å². The second-order valence-electron chi connectivity index (χ2n) is 2.29. The van der Waals surface area contributed by atoms with Crippen molar-refractivity contribution in [3.05, 3.63) is 27.1 Å². The smallest absolute Gasteiger partial charge is 0.423 e. The molecule has 0 amide bonds. The molecule has 0 saturated carbocycles. The van der Waals surface area contributed by atoms with Gasteiger partial charge in [0.15, 0.2) is 0 Å². The molecule has 0 aromatic heterocycles. The van der Waals surface area contributed by atoms with Crippen LogP contribution in [0.3, 0.4) is 0 Å². The third kappa shape index (κ3) is 2.59. The first kappa shape index (κ1) is 10.2. The summed E-state index contributed by atoms with van der Waals surface area (Å²) in [6, 6.07) is 5.50. The highest BCUT2D eigenvalue weighted by Gasteiger charge is 2.14. The zero-order chi connectivity index (χ0) is 9.14. The molecule has 64 valence electrons. The largest absolute Gasteiger partial charge is 0.491 e. The third-order valence-corrected chi connectivity index (χ3v) is 2.31. The lowest BCUT2D eigenvalue weighted by Crippen LogP contribution is -2.32. The van der Waals surface area contributed by atoms with Crippen molar-refractivity contribution in [1.82, 2.24) is 0 Å². The van der Waals surface area contributed by atoms with Gasteiger partial charge in [-0.25, -0.2) is 0 Å². The highest BCUT2D eigenvalue weighted by Crippen LogP contribution is 2.15. The molecule has 0 bridgehead atoms. The Labute approximate surface area is 88.3 Å². The maximum atomic E-state index is 9.31. The average molecular weight is 294 g/mol. The molecule has 1 aromatic carbocycles. The molecule has 0 aliphatic heterocycles. The summed E-state index contributed by atoms with van der Waals surface area (Å²) >= 11 is 6.63. The molecule has 0 radical (unpaired) electrons. The summed E-state index contributed by atoms with van der Waals surface area (Å²) in [6.45, 7) is 0.